The molecular formula is C15H19N5O2S. The minimum absolute atomic E-state index is 0.0465. The molecule has 1 fully saturated rings. The molecule has 0 aromatic carbocycles. The zero-order valence-corrected chi connectivity index (χ0v) is 13.8. The molecule has 1 aliphatic carbocycles. The van der Waals surface area contributed by atoms with E-state index in [1.807, 2.05) is 11.7 Å². The fourth-order valence-electron chi connectivity index (χ4n) is 3.05. The van der Waals surface area contributed by atoms with Crippen LogP contribution in [0.1, 0.15) is 40.6 Å². The number of ether oxygens (including phenoxy) is 1. The van der Waals surface area contributed by atoms with Gasteiger partial charge < -0.3 is 9.64 Å². The molecule has 2 aliphatic rings. The fourth-order valence-corrected chi connectivity index (χ4v) is 3.57. The van der Waals surface area contributed by atoms with Crippen LogP contribution in [0.15, 0.2) is 10.9 Å². The maximum Gasteiger partial charge on any atom is 0.273 e. The highest BCUT2D eigenvalue weighted by Gasteiger charge is 2.33. The lowest BCUT2D eigenvalue weighted by Gasteiger charge is -2.31. The van der Waals surface area contributed by atoms with Gasteiger partial charge >= 0.3 is 0 Å². The van der Waals surface area contributed by atoms with Crippen LogP contribution in [0.2, 0.25) is 0 Å². The third kappa shape index (κ3) is 3.00. The van der Waals surface area contributed by atoms with Crippen molar-refractivity contribution in [2.45, 2.75) is 25.3 Å². The van der Waals surface area contributed by atoms with Gasteiger partial charge in [0.05, 0.1) is 24.4 Å². The molecule has 3 heterocycles. The Bertz CT molecular complexity index is 695. The van der Waals surface area contributed by atoms with E-state index in [9.17, 15) is 4.79 Å². The van der Waals surface area contributed by atoms with Crippen LogP contribution in [0.25, 0.3) is 0 Å². The van der Waals surface area contributed by atoms with E-state index in [1.165, 1.54) is 24.2 Å². The van der Waals surface area contributed by atoms with Gasteiger partial charge in [0, 0.05) is 31.5 Å². The van der Waals surface area contributed by atoms with Crippen molar-refractivity contribution in [3.63, 3.8) is 0 Å². The van der Waals surface area contributed by atoms with Gasteiger partial charge in [0.25, 0.3) is 5.91 Å². The number of carbonyl (C=O) groups excluding carboxylic acids is 1. The molecule has 0 spiro atoms. The highest BCUT2D eigenvalue weighted by atomic mass is 32.1. The SMILES string of the molecule is Cn1nnc2c1[C@H](COCC1CC1)CN(C(=O)c1cscn1)C2. The van der Waals surface area contributed by atoms with E-state index in [0.717, 1.165) is 23.9 Å². The molecule has 0 saturated heterocycles. The number of hydrogen-bond acceptors (Lipinski definition) is 6. The lowest BCUT2D eigenvalue weighted by Crippen LogP contribution is -2.40. The first kappa shape index (κ1) is 14.8. The van der Waals surface area contributed by atoms with Gasteiger partial charge in [0.2, 0.25) is 0 Å². The minimum Gasteiger partial charge on any atom is -0.380 e. The summed E-state index contributed by atoms with van der Waals surface area (Å²) in [6.07, 6.45) is 2.55. The summed E-state index contributed by atoms with van der Waals surface area (Å²) >= 11 is 1.43. The van der Waals surface area contributed by atoms with Crippen LogP contribution in [0, 0.1) is 5.92 Å². The molecule has 23 heavy (non-hydrogen) atoms. The standard InChI is InChI=1S/C15H19N5O2S/c1-19-14-11(7-22-6-10-2-3-10)4-20(5-12(14)17-18-19)15(21)13-8-23-9-16-13/h8-11H,2-7H2,1H3/t11-/m0/s1. The van der Waals surface area contributed by atoms with Gasteiger partial charge in [0.15, 0.2) is 0 Å². The van der Waals surface area contributed by atoms with E-state index >= 15 is 0 Å². The monoisotopic (exact) mass is 333 g/mol. The quantitative estimate of drug-likeness (QED) is 0.828. The molecule has 1 atom stereocenters. The van der Waals surface area contributed by atoms with Crippen LogP contribution in [0.4, 0.5) is 0 Å². The highest BCUT2D eigenvalue weighted by molar-refractivity contribution is 7.07. The zero-order chi connectivity index (χ0) is 15.8. The van der Waals surface area contributed by atoms with Crippen molar-refractivity contribution in [3.05, 3.63) is 28.0 Å². The predicted molar refractivity (Wildman–Crippen MR) is 84.1 cm³/mol. The van der Waals surface area contributed by atoms with Gasteiger partial charge in [-0.1, -0.05) is 5.21 Å². The van der Waals surface area contributed by atoms with E-state index in [2.05, 4.69) is 15.3 Å². The van der Waals surface area contributed by atoms with Gasteiger partial charge in [0.1, 0.15) is 11.4 Å². The van der Waals surface area contributed by atoms with E-state index in [1.54, 1.807) is 15.8 Å². The van der Waals surface area contributed by atoms with Crippen molar-refractivity contribution >= 4 is 17.2 Å². The number of rotatable bonds is 5. The predicted octanol–water partition coefficient (Wildman–Crippen LogP) is 1.44. The largest absolute Gasteiger partial charge is 0.380 e. The first-order valence-corrected chi connectivity index (χ1v) is 8.80. The summed E-state index contributed by atoms with van der Waals surface area (Å²) in [5, 5.41) is 10.1. The third-order valence-electron chi connectivity index (χ3n) is 4.42. The second kappa shape index (κ2) is 6.01. The van der Waals surface area contributed by atoms with Crippen LogP contribution in [-0.4, -0.2) is 50.5 Å². The lowest BCUT2D eigenvalue weighted by molar-refractivity contribution is 0.0614. The van der Waals surface area contributed by atoms with Crippen molar-refractivity contribution in [1.29, 1.82) is 0 Å². The van der Waals surface area contributed by atoms with Crippen molar-refractivity contribution in [1.82, 2.24) is 24.9 Å². The summed E-state index contributed by atoms with van der Waals surface area (Å²) < 4.78 is 7.69. The first-order chi connectivity index (χ1) is 11.2. The van der Waals surface area contributed by atoms with Crippen LogP contribution in [0.5, 0.6) is 0 Å². The number of aromatic nitrogens is 4. The van der Waals surface area contributed by atoms with Gasteiger partial charge in [-0.2, -0.15) is 0 Å². The molecule has 0 unspecified atom stereocenters. The van der Waals surface area contributed by atoms with Crippen molar-refractivity contribution in [2.24, 2.45) is 13.0 Å². The van der Waals surface area contributed by atoms with Crippen molar-refractivity contribution < 1.29 is 9.53 Å². The lowest BCUT2D eigenvalue weighted by atomic mass is 9.98. The Hall–Kier alpha value is -1.80. The summed E-state index contributed by atoms with van der Waals surface area (Å²) in [4.78, 5) is 18.5. The fraction of sp³-hybridized carbons (Fsp3) is 0.600. The van der Waals surface area contributed by atoms with E-state index in [-0.39, 0.29) is 11.8 Å². The van der Waals surface area contributed by atoms with E-state index in [0.29, 0.717) is 25.4 Å². The average molecular weight is 333 g/mol. The molecule has 0 radical (unpaired) electrons. The van der Waals surface area contributed by atoms with Crippen LogP contribution < -0.4 is 0 Å². The Labute approximate surface area is 138 Å². The minimum atomic E-state index is -0.0465. The molecule has 1 amide bonds. The zero-order valence-electron chi connectivity index (χ0n) is 13.0. The topological polar surface area (TPSA) is 73.1 Å². The Morgan fingerprint density at radius 2 is 2.30 bits per heavy atom. The number of amides is 1. The summed E-state index contributed by atoms with van der Waals surface area (Å²) in [5.74, 6) is 0.797. The highest BCUT2D eigenvalue weighted by Crippen LogP contribution is 2.31. The molecule has 7 nitrogen and oxygen atoms in total. The van der Waals surface area contributed by atoms with Gasteiger partial charge in [-0.05, 0) is 18.8 Å². The van der Waals surface area contributed by atoms with Gasteiger partial charge in [-0.25, -0.2) is 4.98 Å². The number of thiazole rings is 1. The molecular weight excluding hydrogens is 314 g/mol. The number of hydrogen-bond donors (Lipinski definition) is 0. The molecule has 122 valence electrons. The molecule has 2 aromatic heterocycles. The second-order valence-corrected chi connectivity index (χ2v) is 7.00. The maximum absolute atomic E-state index is 12.6. The molecule has 2 aromatic rings. The Morgan fingerprint density at radius 1 is 1.43 bits per heavy atom. The van der Waals surface area contributed by atoms with Gasteiger partial charge in [-0.3, -0.25) is 9.48 Å². The molecule has 1 saturated carbocycles. The number of fused-ring (bicyclic) bond motifs is 1. The summed E-state index contributed by atoms with van der Waals surface area (Å²) in [6.45, 7) is 2.52. The van der Waals surface area contributed by atoms with E-state index < -0.39 is 0 Å². The molecule has 8 heteroatoms. The van der Waals surface area contributed by atoms with Crippen molar-refractivity contribution in [2.75, 3.05) is 19.8 Å². The van der Waals surface area contributed by atoms with Crippen LogP contribution >= 0.6 is 11.3 Å². The van der Waals surface area contributed by atoms with Crippen LogP contribution in [-0.2, 0) is 18.3 Å². The van der Waals surface area contributed by atoms with Crippen molar-refractivity contribution in [3.8, 4) is 0 Å². The number of carbonyl (C=O) groups is 1. The molecule has 4 rings (SSSR count). The normalized spacial score (nSPS) is 20.6. The van der Waals surface area contributed by atoms with Crippen LogP contribution in [0.3, 0.4) is 0 Å². The Kier molecular flexibility index (Phi) is 3.86. The summed E-state index contributed by atoms with van der Waals surface area (Å²) in [5.41, 5.74) is 4.13. The number of aryl methyl sites for hydroxylation is 1. The third-order valence-corrected chi connectivity index (χ3v) is 5.01. The molecule has 0 N–H and O–H groups in total. The summed E-state index contributed by atoms with van der Waals surface area (Å²) in [6, 6.07) is 0. The second-order valence-electron chi connectivity index (χ2n) is 6.28. The average Bonchev–Trinajstić information content (AvgIpc) is 3.07. The number of nitrogens with zero attached hydrogens (tertiary/aromatic N) is 5. The van der Waals surface area contributed by atoms with Gasteiger partial charge in [-0.15, -0.1) is 16.4 Å². The maximum atomic E-state index is 12.6. The first-order valence-electron chi connectivity index (χ1n) is 7.86. The Morgan fingerprint density at radius 3 is 3.04 bits per heavy atom. The smallest absolute Gasteiger partial charge is 0.273 e. The summed E-state index contributed by atoms with van der Waals surface area (Å²) in [7, 11) is 1.90. The Balaban J connectivity index is 1.51. The molecule has 0 bridgehead atoms. The molecule has 1 aliphatic heterocycles. The van der Waals surface area contributed by atoms with E-state index in [4.69, 9.17) is 4.74 Å².